The van der Waals surface area contributed by atoms with Gasteiger partial charge in [-0.1, -0.05) is 11.6 Å². The summed E-state index contributed by atoms with van der Waals surface area (Å²) in [5.41, 5.74) is 0.527. The maximum Gasteiger partial charge on any atom is 0.253 e. The van der Waals surface area contributed by atoms with Crippen molar-refractivity contribution in [3.05, 3.63) is 34.9 Å². The van der Waals surface area contributed by atoms with Gasteiger partial charge in [-0.15, -0.1) is 0 Å². The van der Waals surface area contributed by atoms with Crippen LogP contribution in [0.15, 0.2) is 24.3 Å². The van der Waals surface area contributed by atoms with Crippen LogP contribution >= 0.6 is 11.6 Å². The zero-order chi connectivity index (χ0) is 14.3. The quantitative estimate of drug-likeness (QED) is 0.797. The summed E-state index contributed by atoms with van der Waals surface area (Å²) in [7, 11) is -3.13. The summed E-state index contributed by atoms with van der Waals surface area (Å²) >= 11 is 5.78. The van der Waals surface area contributed by atoms with Gasteiger partial charge in [0.25, 0.3) is 5.91 Å². The van der Waals surface area contributed by atoms with Crippen LogP contribution in [0.1, 0.15) is 24.2 Å². The third-order valence-corrected chi connectivity index (χ3v) is 6.21. The molecule has 19 heavy (non-hydrogen) atoms. The van der Waals surface area contributed by atoms with E-state index in [-0.39, 0.29) is 24.7 Å². The number of carbonyl (C=O) groups is 1. The molecular formula is C13H16ClNO3S. The molecule has 1 aliphatic rings. The van der Waals surface area contributed by atoms with Gasteiger partial charge in [-0.3, -0.25) is 4.79 Å². The van der Waals surface area contributed by atoms with E-state index >= 15 is 0 Å². The Bertz CT molecular complexity index is 593. The van der Waals surface area contributed by atoms with E-state index in [0.717, 1.165) is 0 Å². The number of rotatable bonds is 1. The molecule has 104 valence electrons. The van der Waals surface area contributed by atoms with Gasteiger partial charge in [0.2, 0.25) is 0 Å². The largest absolute Gasteiger partial charge is 0.336 e. The second kappa shape index (κ2) is 4.80. The summed E-state index contributed by atoms with van der Waals surface area (Å²) in [6, 6.07) is 6.61. The summed E-state index contributed by atoms with van der Waals surface area (Å²) in [6.45, 7) is 3.78. The number of benzene rings is 1. The predicted molar refractivity (Wildman–Crippen MR) is 75.2 cm³/mol. The first kappa shape index (κ1) is 14.3. The van der Waals surface area contributed by atoms with E-state index in [1.807, 2.05) is 0 Å². The van der Waals surface area contributed by atoms with Crippen molar-refractivity contribution in [2.75, 3.05) is 18.8 Å². The molecule has 0 saturated carbocycles. The van der Waals surface area contributed by atoms with Gasteiger partial charge >= 0.3 is 0 Å². The molecule has 4 nitrogen and oxygen atoms in total. The van der Waals surface area contributed by atoms with Gasteiger partial charge in [0.1, 0.15) is 0 Å². The third-order valence-electron chi connectivity index (χ3n) is 3.42. The van der Waals surface area contributed by atoms with E-state index in [0.29, 0.717) is 10.6 Å². The summed E-state index contributed by atoms with van der Waals surface area (Å²) in [4.78, 5) is 13.9. The molecule has 1 heterocycles. The fraction of sp³-hybridized carbons (Fsp3) is 0.462. The van der Waals surface area contributed by atoms with Gasteiger partial charge in [-0.2, -0.15) is 0 Å². The van der Waals surface area contributed by atoms with Crippen LogP contribution in [0, 0.1) is 0 Å². The maximum atomic E-state index is 12.3. The number of hydrogen-bond donors (Lipinski definition) is 0. The minimum absolute atomic E-state index is 0.0132. The van der Waals surface area contributed by atoms with Crippen LogP contribution < -0.4 is 0 Å². The highest BCUT2D eigenvalue weighted by Gasteiger charge is 2.41. The molecule has 1 aromatic carbocycles. The molecule has 1 aromatic rings. The number of halogens is 1. The maximum absolute atomic E-state index is 12.3. The van der Waals surface area contributed by atoms with Gasteiger partial charge < -0.3 is 4.90 Å². The zero-order valence-corrected chi connectivity index (χ0v) is 12.5. The summed E-state index contributed by atoms with van der Waals surface area (Å²) in [6.07, 6.45) is 0. The van der Waals surface area contributed by atoms with Crippen LogP contribution in [-0.2, 0) is 9.84 Å². The molecule has 2 rings (SSSR count). The Morgan fingerprint density at radius 1 is 1.26 bits per heavy atom. The van der Waals surface area contributed by atoms with Crippen LogP contribution in [0.2, 0.25) is 5.02 Å². The Morgan fingerprint density at radius 2 is 1.84 bits per heavy atom. The van der Waals surface area contributed by atoms with E-state index in [9.17, 15) is 13.2 Å². The molecule has 0 aromatic heterocycles. The smallest absolute Gasteiger partial charge is 0.253 e. The Labute approximate surface area is 118 Å². The second-order valence-electron chi connectivity index (χ2n) is 5.31. The highest BCUT2D eigenvalue weighted by Crippen LogP contribution is 2.25. The van der Waals surface area contributed by atoms with E-state index in [1.54, 1.807) is 43.0 Å². The lowest BCUT2D eigenvalue weighted by Gasteiger charge is -2.37. The minimum atomic E-state index is -3.13. The molecule has 1 amide bonds. The Hall–Kier alpha value is -1.07. The molecule has 0 atom stereocenters. The lowest BCUT2D eigenvalue weighted by molar-refractivity contribution is 0.0743. The number of amides is 1. The highest BCUT2D eigenvalue weighted by molar-refractivity contribution is 7.92. The molecule has 1 aliphatic heterocycles. The van der Waals surface area contributed by atoms with Crippen LogP contribution in [0.25, 0.3) is 0 Å². The fourth-order valence-electron chi connectivity index (χ4n) is 2.09. The molecule has 0 aliphatic carbocycles. The van der Waals surface area contributed by atoms with E-state index < -0.39 is 14.6 Å². The van der Waals surface area contributed by atoms with Crippen molar-refractivity contribution in [3.8, 4) is 0 Å². The lowest BCUT2D eigenvalue weighted by atomic mass is 10.1. The van der Waals surface area contributed by atoms with Crippen molar-refractivity contribution in [1.29, 1.82) is 0 Å². The summed E-state index contributed by atoms with van der Waals surface area (Å²) in [5, 5.41) is 0.568. The Balaban J connectivity index is 2.20. The summed E-state index contributed by atoms with van der Waals surface area (Å²) < 4.78 is 22.9. The summed E-state index contributed by atoms with van der Waals surface area (Å²) in [5.74, 6) is -0.140. The number of sulfone groups is 1. The van der Waals surface area contributed by atoms with Gasteiger partial charge in [0.05, 0.1) is 10.5 Å². The normalized spacial score (nSPS) is 21.1. The van der Waals surface area contributed by atoms with Gasteiger partial charge in [0, 0.05) is 23.7 Å². The standard InChI is InChI=1S/C13H16ClNO3S/c1-13(2)9-15(7-8-19(13,17)18)12(16)10-3-5-11(14)6-4-10/h3-6H,7-9H2,1-2H3. The van der Waals surface area contributed by atoms with Gasteiger partial charge in [-0.25, -0.2) is 8.42 Å². The second-order valence-corrected chi connectivity index (χ2v) is 8.49. The first-order valence-electron chi connectivity index (χ1n) is 6.00. The number of hydrogen-bond acceptors (Lipinski definition) is 3. The van der Waals surface area contributed by atoms with E-state index in [1.165, 1.54) is 0 Å². The molecule has 0 bridgehead atoms. The monoisotopic (exact) mass is 301 g/mol. The Kier molecular flexibility index (Phi) is 3.62. The van der Waals surface area contributed by atoms with Crippen molar-refractivity contribution in [2.24, 2.45) is 0 Å². The molecular weight excluding hydrogens is 286 g/mol. The first-order chi connectivity index (χ1) is 8.73. The van der Waals surface area contributed by atoms with Gasteiger partial charge in [-0.05, 0) is 38.1 Å². The molecule has 0 spiro atoms. The number of carbonyl (C=O) groups excluding carboxylic acids is 1. The van der Waals surface area contributed by atoms with E-state index in [4.69, 9.17) is 11.6 Å². The molecule has 0 unspecified atom stereocenters. The molecule has 1 fully saturated rings. The van der Waals surface area contributed by atoms with Crippen molar-refractivity contribution >= 4 is 27.3 Å². The molecule has 1 saturated heterocycles. The first-order valence-corrected chi connectivity index (χ1v) is 8.03. The average molecular weight is 302 g/mol. The zero-order valence-electron chi connectivity index (χ0n) is 10.9. The van der Waals surface area contributed by atoms with Crippen LogP contribution in [0.3, 0.4) is 0 Å². The Morgan fingerprint density at radius 3 is 2.37 bits per heavy atom. The molecule has 0 N–H and O–H groups in total. The van der Waals surface area contributed by atoms with Crippen molar-refractivity contribution in [2.45, 2.75) is 18.6 Å². The van der Waals surface area contributed by atoms with Crippen LogP contribution in [0.5, 0.6) is 0 Å². The predicted octanol–water partition coefficient (Wildman–Crippen LogP) is 1.99. The minimum Gasteiger partial charge on any atom is -0.336 e. The molecule has 6 heteroatoms. The van der Waals surface area contributed by atoms with Crippen LogP contribution in [0.4, 0.5) is 0 Å². The third kappa shape index (κ3) is 2.77. The highest BCUT2D eigenvalue weighted by atomic mass is 35.5. The van der Waals surface area contributed by atoms with Crippen molar-refractivity contribution in [1.82, 2.24) is 4.90 Å². The SMILES string of the molecule is CC1(C)CN(C(=O)c2ccc(Cl)cc2)CCS1(=O)=O. The fourth-order valence-corrected chi connectivity index (χ4v) is 3.58. The van der Waals surface area contributed by atoms with E-state index in [2.05, 4.69) is 0 Å². The van der Waals surface area contributed by atoms with Crippen molar-refractivity contribution < 1.29 is 13.2 Å². The lowest BCUT2D eigenvalue weighted by Crippen LogP contribution is -2.54. The average Bonchev–Trinajstić information content (AvgIpc) is 2.33. The van der Waals surface area contributed by atoms with Gasteiger partial charge in [0.15, 0.2) is 9.84 Å². The topological polar surface area (TPSA) is 54.5 Å². The number of nitrogens with zero attached hydrogens (tertiary/aromatic N) is 1. The molecule has 0 radical (unpaired) electrons. The van der Waals surface area contributed by atoms with Crippen molar-refractivity contribution in [3.63, 3.8) is 0 Å². The van der Waals surface area contributed by atoms with Crippen LogP contribution in [-0.4, -0.2) is 42.8 Å².